The summed E-state index contributed by atoms with van der Waals surface area (Å²) in [5, 5.41) is 3.71. The van der Waals surface area contributed by atoms with E-state index in [1.807, 2.05) is 6.07 Å². The molecule has 1 aromatic carbocycles. The third-order valence-corrected chi connectivity index (χ3v) is 2.99. The van der Waals surface area contributed by atoms with Crippen molar-refractivity contribution in [2.24, 2.45) is 5.92 Å². The number of benzene rings is 1. The molecule has 0 radical (unpaired) electrons. The number of halogens is 1. The van der Waals surface area contributed by atoms with Gasteiger partial charge in [0.1, 0.15) is 0 Å². The minimum Gasteiger partial charge on any atom is -0.465 e. The first-order valence-electron chi connectivity index (χ1n) is 5.32. The summed E-state index contributed by atoms with van der Waals surface area (Å²) in [7, 11) is 1.35. The lowest BCUT2D eigenvalue weighted by Gasteiger charge is -2.08. The molecule has 0 amide bonds. The van der Waals surface area contributed by atoms with Gasteiger partial charge in [0.15, 0.2) is 0 Å². The molecular weight excluding hydrogens is 226 g/mol. The Kier molecular flexibility index (Phi) is 3.34. The first kappa shape index (κ1) is 11.3. The number of methoxy groups -OCH3 is 1. The molecule has 16 heavy (non-hydrogen) atoms. The quantitative estimate of drug-likeness (QED) is 0.821. The van der Waals surface area contributed by atoms with Crippen LogP contribution in [0.5, 0.6) is 0 Å². The molecule has 0 aromatic heterocycles. The number of anilines is 1. The van der Waals surface area contributed by atoms with E-state index >= 15 is 0 Å². The Morgan fingerprint density at radius 1 is 1.56 bits per heavy atom. The van der Waals surface area contributed by atoms with Gasteiger partial charge in [-0.1, -0.05) is 11.6 Å². The van der Waals surface area contributed by atoms with Crippen molar-refractivity contribution in [1.82, 2.24) is 0 Å². The second kappa shape index (κ2) is 4.74. The summed E-state index contributed by atoms with van der Waals surface area (Å²) in [5.41, 5.74) is 1.32. The third-order valence-electron chi connectivity index (χ3n) is 2.66. The van der Waals surface area contributed by atoms with E-state index in [9.17, 15) is 4.79 Å². The zero-order valence-corrected chi connectivity index (χ0v) is 9.88. The fraction of sp³-hybridized carbons (Fsp3) is 0.417. The average molecular weight is 240 g/mol. The van der Waals surface area contributed by atoms with Crippen molar-refractivity contribution in [2.75, 3.05) is 19.0 Å². The SMILES string of the molecule is COC(=O)c1cc(NCC2CC2)ccc1Cl. The first-order valence-corrected chi connectivity index (χ1v) is 5.70. The van der Waals surface area contributed by atoms with E-state index in [-0.39, 0.29) is 0 Å². The number of rotatable bonds is 4. The summed E-state index contributed by atoms with van der Waals surface area (Å²) in [5.74, 6) is 0.386. The predicted octanol–water partition coefficient (Wildman–Crippen LogP) is 2.95. The highest BCUT2D eigenvalue weighted by molar-refractivity contribution is 6.33. The second-order valence-electron chi connectivity index (χ2n) is 4.01. The van der Waals surface area contributed by atoms with Crippen molar-refractivity contribution in [3.63, 3.8) is 0 Å². The molecule has 0 heterocycles. The molecule has 3 nitrogen and oxygen atoms in total. The summed E-state index contributed by atoms with van der Waals surface area (Å²) >= 11 is 5.92. The van der Waals surface area contributed by atoms with Crippen LogP contribution in [-0.4, -0.2) is 19.6 Å². The molecule has 0 bridgehead atoms. The van der Waals surface area contributed by atoms with Gasteiger partial charge in [0.2, 0.25) is 0 Å². The van der Waals surface area contributed by atoms with Crippen molar-refractivity contribution in [3.05, 3.63) is 28.8 Å². The fourth-order valence-corrected chi connectivity index (χ4v) is 1.68. The highest BCUT2D eigenvalue weighted by Gasteiger charge is 2.20. The maximum absolute atomic E-state index is 11.4. The molecule has 0 atom stereocenters. The highest BCUT2D eigenvalue weighted by Crippen LogP contribution is 2.29. The summed E-state index contributed by atoms with van der Waals surface area (Å²) < 4.78 is 4.66. The van der Waals surface area contributed by atoms with Gasteiger partial charge in [-0.3, -0.25) is 0 Å². The molecule has 1 aliphatic rings. The third kappa shape index (κ3) is 2.67. The van der Waals surface area contributed by atoms with Gasteiger partial charge in [-0.15, -0.1) is 0 Å². The van der Waals surface area contributed by atoms with Gasteiger partial charge >= 0.3 is 5.97 Å². The van der Waals surface area contributed by atoms with E-state index in [1.165, 1.54) is 20.0 Å². The lowest BCUT2D eigenvalue weighted by molar-refractivity contribution is 0.0601. The number of nitrogens with one attached hydrogen (secondary N) is 1. The number of hydrogen-bond donors (Lipinski definition) is 1. The number of carbonyl (C=O) groups is 1. The standard InChI is InChI=1S/C12H14ClNO2/c1-16-12(15)10-6-9(4-5-11(10)13)14-7-8-2-3-8/h4-6,8,14H,2-3,7H2,1H3. The number of hydrogen-bond acceptors (Lipinski definition) is 3. The average Bonchev–Trinajstić information content (AvgIpc) is 3.11. The van der Waals surface area contributed by atoms with Crippen molar-refractivity contribution in [1.29, 1.82) is 0 Å². The minimum absolute atomic E-state index is 0.403. The lowest BCUT2D eigenvalue weighted by Crippen LogP contribution is -2.06. The maximum atomic E-state index is 11.4. The molecule has 0 saturated heterocycles. The van der Waals surface area contributed by atoms with Crippen LogP contribution in [0.4, 0.5) is 5.69 Å². The number of ether oxygens (including phenoxy) is 1. The Bertz CT molecular complexity index is 402. The van der Waals surface area contributed by atoms with Crippen molar-refractivity contribution in [2.45, 2.75) is 12.8 Å². The van der Waals surface area contributed by atoms with Crippen molar-refractivity contribution < 1.29 is 9.53 Å². The maximum Gasteiger partial charge on any atom is 0.339 e. The van der Waals surface area contributed by atoms with Crippen LogP contribution < -0.4 is 5.32 Å². The topological polar surface area (TPSA) is 38.3 Å². The molecule has 4 heteroatoms. The van der Waals surface area contributed by atoms with Gasteiger partial charge in [0.25, 0.3) is 0 Å². The summed E-state index contributed by atoms with van der Waals surface area (Å²) in [4.78, 5) is 11.4. The number of carbonyl (C=O) groups excluding carboxylic acids is 1. The highest BCUT2D eigenvalue weighted by atomic mass is 35.5. The Morgan fingerprint density at radius 2 is 2.31 bits per heavy atom. The van der Waals surface area contributed by atoms with Gasteiger partial charge in [-0.2, -0.15) is 0 Å². The van der Waals surface area contributed by atoms with Crippen LogP contribution in [0.15, 0.2) is 18.2 Å². The molecule has 1 N–H and O–H groups in total. The molecule has 0 aliphatic heterocycles. The summed E-state index contributed by atoms with van der Waals surface area (Å²) in [6, 6.07) is 5.32. The lowest BCUT2D eigenvalue weighted by atomic mass is 10.2. The molecule has 86 valence electrons. The second-order valence-corrected chi connectivity index (χ2v) is 4.42. The largest absolute Gasteiger partial charge is 0.465 e. The summed E-state index contributed by atoms with van der Waals surface area (Å²) in [6.45, 7) is 0.961. The van der Waals surface area contributed by atoms with Gasteiger partial charge in [-0.25, -0.2) is 4.79 Å². The Hall–Kier alpha value is -1.22. The van der Waals surface area contributed by atoms with Gasteiger partial charge in [0, 0.05) is 12.2 Å². The van der Waals surface area contributed by atoms with E-state index in [0.717, 1.165) is 18.2 Å². The predicted molar refractivity (Wildman–Crippen MR) is 64.0 cm³/mol. The van der Waals surface area contributed by atoms with Crippen LogP contribution in [-0.2, 0) is 4.74 Å². The monoisotopic (exact) mass is 239 g/mol. The van der Waals surface area contributed by atoms with E-state index in [2.05, 4.69) is 10.1 Å². The van der Waals surface area contributed by atoms with E-state index < -0.39 is 5.97 Å². The molecule has 1 saturated carbocycles. The van der Waals surface area contributed by atoms with Gasteiger partial charge < -0.3 is 10.1 Å². The van der Waals surface area contributed by atoms with Gasteiger partial charge in [-0.05, 0) is 37.0 Å². The summed E-state index contributed by atoms with van der Waals surface area (Å²) in [6.07, 6.45) is 2.59. The van der Waals surface area contributed by atoms with Gasteiger partial charge in [0.05, 0.1) is 17.7 Å². The van der Waals surface area contributed by atoms with Crippen LogP contribution in [0.25, 0.3) is 0 Å². The smallest absolute Gasteiger partial charge is 0.339 e. The first-order chi connectivity index (χ1) is 7.70. The van der Waals surface area contributed by atoms with Crippen LogP contribution in [0, 0.1) is 5.92 Å². The normalized spacial score (nSPS) is 14.6. The molecular formula is C12H14ClNO2. The molecule has 1 aromatic rings. The van der Waals surface area contributed by atoms with E-state index in [4.69, 9.17) is 11.6 Å². The van der Waals surface area contributed by atoms with Crippen LogP contribution in [0.3, 0.4) is 0 Å². The minimum atomic E-state index is -0.403. The van der Waals surface area contributed by atoms with Crippen molar-refractivity contribution in [3.8, 4) is 0 Å². The molecule has 1 aliphatic carbocycles. The van der Waals surface area contributed by atoms with Crippen LogP contribution in [0.2, 0.25) is 5.02 Å². The molecule has 0 spiro atoms. The zero-order valence-electron chi connectivity index (χ0n) is 9.13. The molecule has 2 rings (SSSR count). The van der Waals surface area contributed by atoms with E-state index in [1.54, 1.807) is 12.1 Å². The zero-order chi connectivity index (χ0) is 11.5. The van der Waals surface area contributed by atoms with E-state index in [0.29, 0.717) is 10.6 Å². The Morgan fingerprint density at radius 3 is 2.94 bits per heavy atom. The van der Waals surface area contributed by atoms with Crippen LogP contribution in [0.1, 0.15) is 23.2 Å². The fourth-order valence-electron chi connectivity index (χ4n) is 1.49. The van der Waals surface area contributed by atoms with Crippen LogP contribution >= 0.6 is 11.6 Å². The Balaban J connectivity index is 2.10. The Labute approximate surface area is 99.7 Å². The van der Waals surface area contributed by atoms with Crippen molar-refractivity contribution >= 4 is 23.3 Å². The molecule has 1 fully saturated rings. The molecule has 0 unspecified atom stereocenters. The number of esters is 1.